The molecule has 0 spiro atoms. The maximum absolute atomic E-state index is 4.87. The summed E-state index contributed by atoms with van der Waals surface area (Å²) in [5, 5.41) is 0.547. The maximum Gasteiger partial charge on any atom is 0.00501 e. The molecule has 0 N–H and O–H groups in total. The van der Waals surface area contributed by atoms with Crippen molar-refractivity contribution in [2.45, 2.75) is 79.4 Å². The lowest BCUT2D eigenvalue weighted by Gasteiger charge is -2.44. The van der Waals surface area contributed by atoms with Gasteiger partial charge in [-0.25, -0.2) is 0 Å². The van der Waals surface area contributed by atoms with Crippen LogP contribution in [0, 0.1) is 23.2 Å². The van der Waals surface area contributed by atoms with Crippen LogP contribution < -0.4 is 0 Å². The van der Waals surface area contributed by atoms with Gasteiger partial charge in [0.05, 0.1) is 0 Å². The summed E-state index contributed by atoms with van der Waals surface area (Å²) >= 11 is 4.87. The van der Waals surface area contributed by atoms with Gasteiger partial charge in [-0.15, -0.1) is 0 Å². The van der Waals surface area contributed by atoms with Gasteiger partial charge in [-0.05, 0) is 42.4 Å². The molecule has 0 aliphatic heterocycles. The van der Waals surface area contributed by atoms with Crippen molar-refractivity contribution < 1.29 is 0 Å². The fourth-order valence-electron chi connectivity index (χ4n) is 3.88. The summed E-state index contributed by atoms with van der Waals surface area (Å²) in [6, 6.07) is 0. The largest absolute Gasteiger partial charge is 0.176 e. The molecule has 0 saturated heterocycles. The first-order valence-electron chi connectivity index (χ1n) is 7.46. The highest BCUT2D eigenvalue weighted by Gasteiger charge is 2.38. The van der Waals surface area contributed by atoms with Crippen molar-refractivity contribution in [3.63, 3.8) is 0 Å². The van der Waals surface area contributed by atoms with Crippen molar-refractivity contribution in [2.75, 3.05) is 0 Å². The zero-order chi connectivity index (χ0) is 13.6. The van der Waals surface area contributed by atoms with Gasteiger partial charge in [-0.3, -0.25) is 0 Å². The van der Waals surface area contributed by atoms with Crippen LogP contribution in [0.15, 0.2) is 0 Å². The molecule has 0 aromatic heterocycles. The molecular formula is C16H34S. The molecule has 0 radical (unpaired) electrons. The third kappa shape index (κ3) is 5.24. The Morgan fingerprint density at radius 1 is 1.06 bits per heavy atom. The summed E-state index contributed by atoms with van der Waals surface area (Å²) in [4.78, 5) is 0. The highest BCUT2D eigenvalue weighted by atomic mass is 32.1. The second kappa shape index (κ2) is 7.71. The molecule has 0 aromatic carbocycles. The number of hydrogen-bond donors (Lipinski definition) is 1. The summed E-state index contributed by atoms with van der Waals surface area (Å²) in [6.07, 6.45) is 5.14. The van der Waals surface area contributed by atoms with Crippen LogP contribution in [-0.2, 0) is 0 Å². The third-order valence-electron chi connectivity index (χ3n) is 4.05. The molecule has 0 nitrogen and oxygen atoms in total. The van der Waals surface area contributed by atoms with Crippen molar-refractivity contribution in [3.05, 3.63) is 0 Å². The Bertz CT molecular complexity index is 198. The predicted octanol–water partition coefficient (Wildman–Crippen LogP) is 5.82. The van der Waals surface area contributed by atoms with Crippen LogP contribution in [0.3, 0.4) is 0 Å². The zero-order valence-electron chi connectivity index (χ0n) is 13.1. The van der Waals surface area contributed by atoms with E-state index in [0.717, 1.165) is 17.8 Å². The monoisotopic (exact) mass is 258 g/mol. The topological polar surface area (TPSA) is 0 Å². The second-order valence-electron chi connectivity index (χ2n) is 6.75. The minimum atomic E-state index is 0.458. The Labute approximate surface area is 115 Å². The van der Waals surface area contributed by atoms with Gasteiger partial charge in [0, 0.05) is 5.25 Å². The number of hydrogen-bond acceptors (Lipinski definition) is 1. The Kier molecular flexibility index (Phi) is 7.87. The normalized spacial score (nSPS) is 19.4. The molecule has 3 unspecified atom stereocenters. The SMILES string of the molecule is CCCC(C)(CC(C)C)C(C(C)C)C(S)CC. The van der Waals surface area contributed by atoms with Gasteiger partial charge in [0.15, 0.2) is 0 Å². The van der Waals surface area contributed by atoms with E-state index in [-0.39, 0.29) is 0 Å². The summed E-state index contributed by atoms with van der Waals surface area (Å²) in [7, 11) is 0. The molecule has 0 aliphatic rings. The van der Waals surface area contributed by atoms with Crippen molar-refractivity contribution in [1.29, 1.82) is 0 Å². The Balaban J connectivity index is 5.06. The molecule has 0 bridgehead atoms. The number of rotatable bonds is 8. The lowest BCUT2D eigenvalue weighted by molar-refractivity contribution is 0.0889. The third-order valence-corrected chi connectivity index (χ3v) is 4.74. The first kappa shape index (κ1) is 17.4. The van der Waals surface area contributed by atoms with Gasteiger partial charge < -0.3 is 0 Å². The van der Waals surface area contributed by atoms with Crippen molar-refractivity contribution in [3.8, 4) is 0 Å². The summed E-state index contributed by atoms with van der Waals surface area (Å²) in [5.41, 5.74) is 0.458. The van der Waals surface area contributed by atoms with Crippen LogP contribution in [-0.4, -0.2) is 5.25 Å². The molecule has 0 aliphatic carbocycles. The second-order valence-corrected chi connectivity index (χ2v) is 7.41. The highest BCUT2D eigenvalue weighted by molar-refractivity contribution is 7.81. The van der Waals surface area contributed by atoms with E-state index in [9.17, 15) is 0 Å². The predicted molar refractivity (Wildman–Crippen MR) is 83.9 cm³/mol. The molecule has 0 heterocycles. The lowest BCUT2D eigenvalue weighted by Crippen LogP contribution is -2.38. The fraction of sp³-hybridized carbons (Fsp3) is 1.00. The van der Waals surface area contributed by atoms with Crippen LogP contribution in [0.2, 0.25) is 0 Å². The molecule has 0 saturated carbocycles. The van der Waals surface area contributed by atoms with Gasteiger partial charge in [-0.1, -0.05) is 54.9 Å². The van der Waals surface area contributed by atoms with Crippen molar-refractivity contribution in [1.82, 2.24) is 0 Å². The molecule has 104 valence electrons. The van der Waals surface area contributed by atoms with Crippen LogP contribution in [0.25, 0.3) is 0 Å². The molecule has 0 rings (SSSR count). The molecule has 17 heavy (non-hydrogen) atoms. The van der Waals surface area contributed by atoms with E-state index >= 15 is 0 Å². The molecule has 3 atom stereocenters. The molecule has 1 heteroatoms. The van der Waals surface area contributed by atoms with Crippen LogP contribution in [0.1, 0.15) is 74.1 Å². The number of thiol groups is 1. The van der Waals surface area contributed by atoms with E-state index in [2.05, 4.69) is 48.5 Å². The van der Waals surface area contributed by atoms with Crippen molar-refractivity contribution >= 4 is 12.6 Å². The Morgan fingerprint density at radius 2 is 1.59 bits per heavy atom. The summed E-state index contributed by atoms with van der Waals surface area (Å²) in [5.74, 6) is 2.25. The molecular weight excluding hydrogens is 224 g/mol. The first-order valence-corrected chi connectivity index (χ1v) is 7.98. The maximum atomic E-state index is 4.87. The summed E-state index contributed by atoms with van der Waals surface area (Å²) < 4.78 is 0. The molecule has 0 aromatic rings. The Morgan fingerprint density at radius 3 is 1.88 bits per heavy atom. The van der Waals surface area contributed by atoms with Gasteiger partial charge in [0.25, 0.3) is 0 Å². The minimum absolute atomic E-state index is 0.458. The lowest BCUT2D eigenvalue weighted by atomic mass is 9.63. The smallest absolute Gasteiger partial charge is 0.00501 e. The van der Waals surface area contributed by atoms with E-state index in [1.54, 1.807) is 0 Å². The van der Waals surface area contributed by atoms with Gasteiger partial charge in [-0.2, -0.15) is 12.6 Å². The van der Waals surface area contributed by atoms with Crippen LogP contribution in [0.4, 0.5) is 0 Å². The van der Waals surface area contributed by atoms with Crippen molar-refractivity contribution in [2.24, 2.45) is 23.2 Å². The quantitative estimate of drug-likeness (QED) is 0.521. The highest BCUT2D eigenvalue weighted by Crippen LogP contribution is 2.46. The first-order chi connectivity index (χ1) is 7.78. The van der Waals surface area contributed by atoms with E-state index in [4.69, 9.17) is 12.6 Å². The van der Waals surface area contributed by atoms with E-state index < -0.39 is 0 Å². The fourth-order valence-corrected chi connectivity index (χ4v) is 4.58. The average Bonchev–Trinajstić information content (AvgIpc) is 2.15. The molecule has 0 fully saturated rings. The standard InChI is InChI=1S/C16H34S/c1-8-10-16(7,11-12(3)4)15(13(5)6)14(17)9-2/h12-15,17H,8-11H2,1-7H3. The molecule has 0 amide bonds. The van der Waals surface area contributed by atoms with E-state index in [0.29, 0.717) is 10.7 Å². The van der Waals surface area contributed by atoms with Gasteiger partial charge in [0.1, 0.15) is 0 Å². The van der Waals surface area contributed by atoms with Gasteiger partial charge in [0.2, 0.25) is 0 Å². The zero-order valence-corrected chi connectivity index (χ0v) is 14.0. The van der Waals surface area contributed by atoms with Gasteiger partial charge >= 0.3 is 0 Å². The summed E-state index contributed by atoms with van der Waals surface area (Å²) in [6.45, 7) is 16.5. The average molecular weight is 259 g/mol. The Hall–Kier alpha value is 0.350. The van der Waals surface area contributed by atoms with E-state index in [1.807, 2.05) is 0 Å². The minimum Gasteiger partial charge on any atom is -0.176 e. The van der Waals surface area contributed by atoms with Crippen LogP contribution >= 0.6 is 12.6 Å². The van der Waals surface area contributed by atoms with E-state index in [1.165, 1.54) is 25.7 Å². The van der Waals surface area contributed by atoms with Crippen LogP contribution in [0.5, 0.6) is 0 Å².